The standard InChI is InChI=1S/C12H18FNO.C2H2O4/c1-2-3-8-14-9-10-15-12-6-4-11(13)5-7-12;3-1(4)2(5)6/h4-7,14H,2-3,8-10H2,1H3;(H,3,4)(H,5,6). The Morgan fingerprint density at radius 2 is 1.71 bits per heavy atom. The van der Waals surface area contributed by atoms with E-state index in [1.54, 1.807) is 12.1 Å². The fourth-order valence-electron chi connectivity index (χ4n) is 1.20. The van der Waals surface area contributed by atoms with E-state index in [9.17, 15) is 4.39 Å². The molecule has 0 heterocycles. The Morgan fingerprint density at radius 3 is 2.19 bits per heavy atom. The molecule has 7 heteroatoms. The molecule has 0 aliphatic heterocycles. The molecule has 0 aliphatic rings. The molecule has 3 N–H and O–H groups in total. The summed E-state index contributed by atoms with van der Waals surface area (Å²) in [6.45, 7) is 4.65. The highest BCUT2D eigenvalue weighted by atomic mass is 19.1. The number of halogens is 1. The molecule has 0 amide bonds. The van der Waals surface area contributed by atoms with Gasteiger partial charge in [0.2, 0.25) is 0 Å². The lowest BCUT2D eigenvalue weighted by atomic mass is 10.3. The highest BCUT2D eigenvalue weighted by Gasteiger charge is 2.04. The van der Waals surface area contributed by atoms with E-state index < -0.39 is 11.9 Å². The average Bonchev–Trinajstić information content (AvgIpc) is 2.45. The maximum Gasteiger partial charge on any atom is 0.414 e. The number of hydrogen-bond donors (Lipinski definition) is 3. The highest BCUT2D eigenvalue weighted by Crippen LogP contribution is 2.10. The summed E-state index contributed by atoms with van der Waals surface area (Å²) in [6, 6.07) is 6.09. The molecule has 0 saturated heterocycles. The minimum Gasteiger partial charge on any atom is -0.492 e. The Labute approximate surface area is 122 Å². The number of carboxylic acids is 2. The lowest BCUT2D eigenvalue weighted by Crippen LogP contribution is -2.21. The van der Waals surface area contributed by atoms with Crippen LogP contribution in [0.3, 0.4) is 0 Å². The van der Waals surface area contributed by atoms with Gasteiger partial charge in [-0.3, -0.25) is 0 Å². The van der Waals surface area contributed by atoms with Gasteiger partial charge in [-0.25, -0.2) is 14.0 Å². The van der Waals surface area contributed by atoms with E-state index in [1.807, 2.05) is 0 Å². The molecule has 6 nitrogen and oxygen atoms in total. The second-order valence-corrected chi connectivity index (χ2v) is 4.02. The van der Waals surface area contributed by atoms with Crippen molar-refractivity contribution < 1.29 is 28.9 Å². The van der Waals surface area contributed by atoms with Gasteiger partial charge in [0, 0.05) is 6.54 Å². The first-order chi connectivity index (χ1) is 9.97. The van der Waals surface area contributed by atoms with Crippen molar-refractivity contribution in [3.05, 3.63) is 30.1 Å². The highest BCUT2D eigenvalue weighted by molar-refractivity contribution is 6.27. The van der Waals surface area contributed by atoms with Crippen LogP contribution in [0.4, 0.5) is 4.39 Å². The van der Waals surface area contributed by atoms with Crippen molar-refractivity contribution in [1.82, 2.24) is 5.32 Å². The van der Waals surface area contributed by atoms with Crippen molar-refractivity contribution >= 4 is 11.9 Å². The van der Waals surface area contributed by atoms with Crippen molar-refractivity contribution in [2.45, 2.75) is 19.8 Å². The summed E-state index contributed by atoms with van der Waals surface area (Å²) in [4.78, 5) is 18.2. The van der Waals surface area contributed by atoms with Crippen LogP contribution in [0.5, 0.6) is 5.75 Å². The van der Waals surface area contributed by atoms with Gasteiger partial charge in [-0.1, -0.05) is 13.3 Å². The van der Waals surface area contributed by atoms with E-state index in [0.29, 0.717) is 12.4 Å². The Kier molecular flexibility index (Phi) is 10.5. The zero-order valence-electron chi connectivity index (χ0n) is 11.8. The first kappa shape index (κ1) is 18.9. The van der Waals surface area contributed by atoms with E-state index in [1.165, 1.54) is 25.0 Å². The van der Waals surface area contributed by atoms with Crippen LogP contribution in [0, 0.1) is 5.82 Å². The van der Waals surface area contributed by atoms with Gasteiger partial charge in [-0.2, -0.15) is 0 Å². The summed E-state index contributed by atoms with van der Waals surface area (Å²) in [5.74, 6) is -3.16. The SMILES string of the molecule is CCCCNCCOc1ccc(F)cc1.O=C(O)C(=O)O. The maximum absolute atomic E-state index is 12.5. The molecule has 0 saturated carbocycles. The number of hydrogen-bond acceptors (Lipinski definition) is 4. The van der Waals surface area contributed by atoms with E-state index in [0.717, 1.165) is 13.1 Å². The van der Waals surface area contributed by atoms with Gasteiger partial charge in [0.15, 0.2) is 0 Å². The molecule has 21 heavy (non-hydrogen) atoms. The number of unbranched alkanes of at least 4 members (excludes halogenated alkanes) is 1. The molecule has 1 aromatic rings. The number of carboxylic acid groups (broad SMARTS) is 2. The van der Waals surface area contributed by atoms with Gasteiger partial charge >= 0.3 is 11.9 Å². The largest absolute Gasteiger partial charge is 0.492 e. The van der Waals surface area contributed by atoms with Gasteiger partial charge in [-0.15, -0.1) is 0 Å². The third-order valence-corrected chi connectivity index (χ3v) is 2.25. The molecule has 0 aromatic heterocycles. The molecule has 0 spiro atoms. The summed E-state index contributed by atoms with van der Waals surface area (Å²) in [6.07, 6.45) is 2.39. The van der Waals surface area contributed by atoms with Crippen LogP contribution in [0.2, 0.25) is 0 Å². The number of benzene rings is 1. The lowest BCUT2D eigenvalue weighted by Gasteiger charge is -2.06. The van der Waals surface area contributed by atoms with Crippen molar-refractivity contribution in [1.29, 1.82) is 0 Å². The fourth-order valence-corrected chi connectivity index (χ4v) is 1.20. The zero-order chi connectivity index (χ0) is 16.1. The number of nitrogens with one attached hydrogen (secondary N) is 1. The minimum absolute atomic E-state index is 0.233. The summed E-state index contributed by atoms with van der Waals surface area (Å²) >= 11 is 0. The predicted octanol–water partition coefficient (Wildman–Crippen LogP) is 1.75. The van der Waals surface area contributed by atoms with Crippen molar-refractivity contribution in [2.24, 2.45) is 0 Å². The molecule has 1 rings (SSSR count). The summed E-state index contributed by atoms with van der Waals surface area (Å²) in [5.41, 5.74) is 0. The van der Waals surface area contributed by atoms with Crippen LogP contribution >= 0.6 is 0 Å². The van der Waals surface area contributed by atoms with Crippen LogP contribution in [-0.2, 0) is 9.59 Å². The normalized spacial score (nSPS) is 9.43. The van der Waals surface area contributed by atoms with E-state index >= 15 is 0 Å². The van der Waals surface area contributed by atoms with Gasteiger partial charge in [0.05, 0.1) is 0 Å². The number of aliphatic carboxylic acids is 2. The van der Waals surface area contributed by atoms with Crippen molar-refractivity contribution in [2.75, 3.05) is 19.7 Å². The van der Waals surface area contributed by atoms with Gasteiger partial charge in [0.25, 0.3) is 0 Å². The second kappa shape index (κ2) is 11.7. The smallest absolute Gasteiger partial charge is 0.414 e. The maximum atomic E-state index is 12.5. The molecule has 0 unspecified atom stereocenters. The monoisotopic (exact) mass is 301 g/mol. The van der Waals surface area contributed by atoms with Crippen LogP contribution in [0.15, 0.2) is 24.3 Å². The molecular formula is C14H20FNO5. The van der Waals surface area contributed by atoms with Gasteiger partial charge < -0.3 is 20.3 Å². The summed E-state index contributed by atoms with van der Waals surface area (Å²) < 4.78 is 18.0. The van der Waals surface area contributed by atoms with Gasteiger partial charge in [0.1, 0.15) is 18.2 Å². The van der Waals surface area contributed by atoms with Crippen molar-refractivity contribution in [3.63, 3.8) is 0 Å². The van der Waals surface area contributed by atoms with E-state index in [4.69, 9.17) is 24.5 Å². The van der Waals surface area contributed by atoms with Crippen LogP contribution in [-0.4, -0.2) is 41.8 Å². The molecule has 1 aromatic carbocycles. The Hall–Kier alpha value is -2.15. The predicted molar refractivity (Wildman–Crippen MR) is 74.9 cm³/mol. The third-order valence-electron chi connectivity index (χ3n) is 2.25. The van der Waals surface area contributed by atoms with E-state index in [2.05, 4.69) is 12.2 Å². The molecule has 118 valence electrons. The summed E-state index contributed by atoms with van der Waals surface area (Å²) in [7, 11) is 0. The van der Waals surface area contributed by atoms with Crippen molar-refractivity contribution in [3.8, 4) is 5.75 Å². The topological polar surface area (TPSA) is 95.9 Å². The van der Waals surface area contributed by atoms with Gasteiger partial charge in [-0.05, 0) is 37.2 Å². The minimum atomic E-state index is -1.82. The number of ether oxygens (including phenoxy) is 1. The lowest BCUT2D eigenvalue weighted by molar-refractivity contribution is -0.159. The van der Waals surface area contributed by atoms with Crippen LogP contribution in [0.1, 0.15) is 19.8 Å². The number of rotatable bonds is 7. The molecule has 0 aliphatic carbocycles. The number of carbonyl (C=O) groups is 2. The molecule has 0 bridgehead atoms. The molecule has 0 atom stereocenters. The molecule has 0 fully saturated rings. The van der Waals surface area contributed by atoms with E-state index in [-0.39, 0.29) is 5.82 Å². The zero-order valence-corrected chi connectivity index (χ0v) is 11.8. The fraction of sp³-hybridized carbons (Fsp3) is 0.429. The third kappa shape index (κ3) is 11.4. The van der Waals surface area contributed by atoms with Crippen LogP contribution in [0.25, 0.3) is 0 Å². The Bertz CT molecular complexity index is 410. The Morgan fingerprint density at radius 1 is 1.14 bits per heavy atom. The average molecular weight is 301 g/mol. The first-order valence-corrected chi connectivity index (χ1v) is 6.52. The first-order valence-electron chi connectivity index (χ1n) is 6.52. The molecular weight excluding hydrogens is 281 g/mol. The Balaban J connectivity index is 0.000000567. The summed E-state index contributed by atoms with van der Waals surface area (Å²) in [5, 5.41) is 18.1. The molecule has 0 radical (unpaired) electrons. The van der Waals surface area contributed by atoms with Crippen LogP contribution < -0.4 is 10.1 Å². The second-order valence-electron chi connectivity index (χ2n) is 4.02. The quantitative estimate of drug-likeness (QED) is 0.524.